The maximum atomic E-state index is 10.9. The van der Waals surface area contributed by atoms with Gasteiger partial charge in [-0.25, -0.2) is 0 Å². The van der Waals surface area contributed by atoms with E-state index in [-0.39, 0.29) is 0 Å². The highest BCUT2D eigenvalue weighted by Gasteiger charge is 2.24. The first-order chi connectivity index (χ1) is 6.86. The lowest BCUT2D eigenvalue weighted by Crippen LogP contribution is -2.50. The smallest absolute Gasteiger partial charge is 0.237 e. The van der Waals surface area contributed by atoms with E-state index in [1.54, 1.807) is 6.92 Å². The molecule has 1 amide bonds. The largest absolute Gasteiger partial charge is 0.381 e. The summed E-state index contributed by atoms with van der Waals surface area (Å²) >= 11 is 0. The monoisotopic (exact) mass is 216 g/mol. The minimum Gasteiger partial charge on any atom is -0.381 e. The highest BCUT2D eigenvalue weighted by molar-refractivity contribution is 5.83. The van der Waals surface area contributed by atoms with E-state index in [4.69, 9.17) is 16.2 Å². The fraction of sp³-hybridized carbons (Fsp3) is 0.909. The molecule has 0 spiro atoms. The van der Waals surface area contributed by atoms with E-state index in [1.165, 1.54) is 0 Å². The zero-order valence-corrected chi connectivity index (χ0v) is 10.1. The van der Waals surface area contributed by atoms with Gasteiger partial charge in [0.15, 0.2) is 0 Å². The van der Waals surface area contributed by atoms with Crippen molar-refractivity contribution in [2.75, 3.05) is 13.2 Å². The van der Waals surface area contributed by atoms with E-state index >= 15 is 0 Å². The van der Waals surface area contributed by atoms with Gasteiger partial charge >= 0.3 is 0 Å². The van der Waals surface area contributed by atoms with Gasteiger partial charge < -0.3 is 16.2 Å². The second kappa shape index (κ2) is 6.80. The molecule has 4 N–H and O–H groups in total. The standard InChI is InChI=1S/C11H24N2O2/c1-9(2)5-4-7-15-8-6-11(3,13)10(12)14/h9H,4-8,13H2,1-3H3,(H2,12,14). The van der Waals surface area contributed by atoms with Crippen LogP contribution in [0, 0.1) is 5.92 Å². The Morgan fingerprint density at radius 1 is 1.40 bits per heavy atom. The Labute approximate surface area is 92.3 Å². The average molecular weight is 216 g/mol. The highest BCUT2D eigenvalue weighted by Crippen LogP contribution is 2.06. The molecule has 1 unspecified atom stereocenters. The lowest BCUT2D eigenvalue weighted by molar-refractivity contribution is -0.123. The predicted octanol–water partition coefficient (Wildman–Crippen LogP) is 1.03. The molecular formula is C11H24N2O2. The normalized spacial score (nSPS) is 15.3. The molecular weight excluding hydrogens is 192 g/mol. The van der Waals surface area contributed by atoms with Gasteiger partial charge in [0.25, 0.3) is 0 Å². The Morgan fingerprint density at radius 2 is 2.00 bits per heavy atom. The molecule has 0 aliphatic carbocycles. The Morgan fingerprint density at radius 3 is 2.47 bits per heavy atom. The van der Waals surface area contributed by atoms with Gasteiger partial charge in [0.1, 0.15) is 0 Å². The number of carbonyl (C=O) groups excluding carboxylic acids is 1. The summed E-state index contributed by atoms with van der Waals surface area (Å²) < 4.78 is 5.38. The highest BCUT2D eigenvalue weighted by atomic mass is 16.5. The fourth-order valence-electron chi connectivity index (χ4n) is 1.10. The van der Waals surface area contributed by atoms with Crippen LogP contribution in [0.5, 0.6) is 0 Å². The van der Waals surface area contributed by atoms with Crippen molar-refractivity contribution < 1.29 is 9.53 Å². The van der Waals surface area contributed by atoms with E-state index in [9.17, 15) is 4.79 Å². The van der Waals surface area contributed by atoms with Crippen molar-refractivity contribution in [3.63, 3.8) is 0 Å². The third kappa shape index (κ3) is 7.33. The Bertz CT molecular complexity index is 191. The van der Waals surface area contributed by atoms with Crippen LogP contribution in [-0.4, -0.2) is 24.7 Å². The van der Waals surface area contributed by atoms with Crippen LogP contribution in [0.3, 0.4) is 0 Å². The predicted molar refractivity (Wildman–Crippen MR) is 61.3 cm³/mol. The number of hydrogen-bond donors (Lipinski definition) is 2. The maximum absolute atomic E-state index is 10.9. The molecule has 0 fully saturated rings. The summed E-state index contributed by atoms with van der Waals surface area (Å²) in [5.74, 6) is 0.229. The number of ether oxygens (including phenoxy) is 1. The van der Waals surface area contributed by atoms with Crippen LogP contribution in [0.4, 0.5) is 0 Å². The molecule has 0 aromatic carbocycles. The Kier molecular flexibility index (Phi) is 6.52. The van der Waals surface area contributed by atoms with E-state index in [0.717, 1.165) is 19.4 Å². The summed E-state index contributed by atoms with van der Waals surface area (Å²) in [5, 5.41) is 0. The van der Waals surface area contributed by atoms with Crippen molar-refractivity contribution in [2.45, 2.75) is 45.6 Å². The molecule has 0 aliphatic heterocycles. The minimum absolute atomic E-state index is 0.476. The first-order valence-electron chi connectivity index (χ1n) is 5.53. The van der Waals surface area contributed by atoms with Crippen LogP contribution >= 0.6 is 0 Å². The molecule has 0 aliphatic rings. The van der Waals surface area contributed by atoms with Crippen LogP contribution in [0.1, 0.15) is 40.0 Å². The second-order valence-electron chi connectivity index (χ2n) is 4.68. The van der Waals surface area contributed by atoms with Gasteiger partial charge in [-0.1, -0.05) is 13.8 Å². The van der Waals surface area contributed by atoms with Crippen LogP contribution in [0.25, 0.3) is 0 Å². The molecule has 4 heteroatoms. The van der Waals surface area contributed by atoms with Crippen molar-refractivity contribution in [1.82, 2.24) is 0 Å². The summed E-state index contributed by atoms with van der Waals surface area (Å²) in [4.78, 5) is 10.9. The molecule has 0 rings (SSSR count). The van der Waals surface area contributed by atoms with Gasteiger partial charge in [-0.3, -0.25) is 4.79 Å². The average Bonchev–Trinajstić information content (AvgIpc) is 2.10. The summed E-state index contributed by atoms with van der Waals surface area (Å²) in [6, 6.07) is 0. The van der Waals surface area contributed by atoms with E-state index in [1.807, 2.05) is 0 Å². The van der Waals surface area contributed by atoms with E-state index < -0.39 is 11.4 Å². The van der Waals surface area contributed by atoms with Gasteiger partial charge in [0.05, 0.1) is 5.54 Å². The van der Waals surface area contributed by atoms with Crippen LogP contribution in [-0.2, 0) is 9.53 Å². The molecule has 0 bridgehead atoms. The second-order valence-corrected chi connectivity index (χ2v) is 4.68. The molecule has 0 radical (unpaired) electrons. The number of nitrogens with two attached hydrogens (primary N) is 2. The van der Waals surface area contributed by atoms with Gasteiger partial charge in [0.2, 0.25) is 5.91 Å². The number of carbonyl (C=O) groups is 1. The summed E-state index contributed by atoms with van der Waals surface area (Å²) in [6.07, 6.45) is 2.69. The van der Waals surface area contributed by atoms with Gasteiger partial charge in [-0.15, -0.1) is 0 Å². The number of rotatable bonds is 8. The number of amides is 1. The molecule has 15 heavy (non-hydrogen) atoms. The van der Waals surface area contributed by atoms with Gasteiger partial charge in [-0.05, 0) is 32.1 Å². The maximum Gasteiger partial charge on any atom is 0.237 e. The van der Waals surface area contributed by atoms with Crippen molar-refractivity contribution >= 4 is 5.91 Å². The van der Waals surface area contributed by atoms with Gasteiger partial charge in [-0.2, -0.15) is 0 Å². The summed E-state index contributed by atoms with van der Waals surface area (Å²) in [5.41, 5.74) is 9.85. The van der Waals surface area contributed by atoms with Crippen molar-refractivity contribution in [2.24, 2.45) is 17.4 Å². The molecule has 0 aromatic rings. The molecule has 0 saturated heterocycles. The zero-order valence-electron chi connectivity index (χ0n) is 10.1. The molecule has 0 aromatic heterocycles. The summed E-state index contributed by atoms with van der Waals surface area (Å²) in [6.45, 7) is 7.22. The van der Waals surface area contributed by atoms with E-state index in [2.05, 4.69) is 13.8 Å². The zero-order chi connectivity index (χ0) is 11.9. The molecule has 90 valence electrons. The SMILES string of the molecule is CC(C)CCCOCCC(C)(N)C(N)=O. The molecule has 0 saturated carbocycles. The Hall–Kier alpha value is -0.610. The minimum atomic E-state index is -0.946. The summed E-state index contributed by atoms with van der Waals surface area (Å²) in [7, 11) is 0. The van der Waals surface area contributed by atoms with E-state index in [0.29, 0.717) is 18.9 Å². The van der Waals surface area contributed by atoms with Gasteiger partial charge in [0, 0.05) is 13.2 Å². The lowest BCUT2D eigenvalue weighted by atomic mass is 9.99. The van der Waals surface area contributed by atoms with Crippen molar-refractivity contribution in [3.8, 4) is 0 Å². The first-order valence-corrected chi connectivity index (χ1v) is 5.53. The number of hydrogen-bond acceptors (Lipinski definition) is 3. The Balaban J connectivity index is 3.43. The van der Waals surface area contributed by atoms with Crippen LogP contribution in [0.2, 0.25) is 0 Å². The van der Waals surface area contributed by atoms with Crippen LogP contribution < -0.4 is 11.5 Å². The number of primary amides is 1. The fourth-order valence-corrected chi connectivity index (χ4v) is 1.10. The first kappa shape index (κ1) is 14.4. The quantitative estimate of drug-likeness (QED) is 0.595. The topological polar surface area (TPSA) is 78.3 Å². The third-order valence-corrected chi connectivity index (χ3v) is 2.40. The molecule has 1 atom stereocenters. The molecule has 0 heterocycles. The van der Waals surface area contributed by atoms with Crippen molar-refractivity contribution in [1.29, 1.82) is 0 Å². The lowest BCUT2D eigenvalue weighted by Gasteiger charge is -2.19. The van der Waals surface area contributed by atoms with Crippen molar-refractivity contribution in [3.05, 3.63) is 0 Å². The van der Waals surface area contributed by atoms with Crippen LogP contribution in [0.15, 0.2) is 0 Å². The molecule has 4 nitrogen and oxygen atoms in total. The third-order valence-electron chi connectivity index (χ3n) is 2.40.